The van der Waals surface area contributed by atoms with E-state index in [0.29, 0.717) is 17.5 Å². The summed E-state index contributed by atoms with van der Waals surface area (Å²) < 4.78 is 13.8. The molecule has 2 rings (SSSR count). The molecule has 0 aliphatic rings. The minimum atomic E-state index is -0.939. The zero-order valence-corrected chi connectivity index (χ0v) is 14.4. The summed E-state index contributed by atoms with van der Waals surface area (Å²) in [6, 6.07) is 12.6. The van der Waals surface area contributed by atoms with E-state index in [9.17, 15) is 14.3 Å². The molecule has 0 saturated carbocycles. The van der Waals surface area contributed by atoms with Gasteiger partial charge in [-0.2, -0.15) is 0 Å². The molecule has 0 heterocycles. The average molecular weight is 329 g/mol. The van der Waals surface area contributed by atoms with Gasteiger partial charge in [-0.3, -0.25) is 4.79 Å². The molecule has 0 aliphatic heterocycles. The van der Waals surface area contributed by atoms with Crippen LogP contribution in [0.2, 0.25) is 0 Å². The van der Waals surface area contributed by atoms with Gasteiger partial charge in [0.15, 0.2) is 0 Å². The normalized spacial score (nSPS) is 12.0. The molecule has 24 heavy (non-hydrogen) atoms. The van der Waals surface area contributed by atoms with Gasteiger partial charge in [-0.25, -0.2) is 4.39 Å². The van der Waals surface area contributed by atoms with Gasteiger partial charge in [-0.15, -0.1) is 0 Å². The molecular formula is C20H24FNO2. The van der Waals surface area contributed by atoms with E-state index in [4.69, 9.17) is 0 Å². The zero-order valence-electron chi connectivity index (χ0n) is 14.4. The lowest BCUT2D eigenvalue weighted by molar-refractivity contribution is -0.138. The second-order valence-corrected chi connectivity index (χ2v) is 5.94. The molecule has 3 nitrogen and oxygen atoms in total. The number of carboxylic acid groups (broad SMARTS) is 1. The lowest BCUT2D eigenvalue weighted by atomic mass is 9.91. The van der Waals surface area contributed by atoms with E-state index in [2.05, 4.69) is 18.7 Å². The van der Waals surface area contributed by atoms with Gasteiger partial charge in [-0.05, 0) is 62.1 Å². The Morgan fingerprint density at radius 1 is 1.12 bits per heavy atom. The highest BCUT2D eigenvalue weighted by atomic mass is 19.1. The summed E-state index contributed by atoms with van der Waals surface area (Å²) in [5.74, 6) is -2.05. The first-order valence-corrected chi connectivity index (χ1v) is 8.29. The molecule has 1 atom stereocenters. The van der Waals surface area contributed by atoms with E-state index >= 15 is 0 Å². The van der Waals surface area contributed by atoms with Crippen molar-refractivity contribution in [1.29, 1.82) is 0 Å². The van der Waals surface area contributed by atoms with Gasteiger partial charge >= 0.3 is 5.97 Å². The molecule has 0 fully saturated rings. The molecule has 0 spiro atoms. The first kappa shape index (κ1) is 18.0. The number of halogens is 1. The second-order valence-electron chi connectivity index (χ2n) is 5.94. The van der Waals surface area contributed by atoms with Crippen LogP contribution >= 0.6 is 0 Å². The SMILES string of the molecule is CCN(CC)c1ccc(CC(C(=O)O)c2ccc(C)c(F)c2)cc1. The molecule has 0 saturated heterocycles. The van der Waals surface area contributed by atoms with Crippen LogP contribution in [-0.2, 0) is 11.2 Å². The van der Waals surface area contributed by atoms with Crippen molar-refractivity contribution in [3.63, 3.8) is 0 Å². The monoisotopic (exact) mass is 329 g/mol. The van der Waals surface area contributed by atoms with E-state index in [1.807, 2.05) is 24.3 Å². The summed E-state index contributed by atoms with van der Waals surface area (Å²) in [6.45, 7) is 7.72. The third-order valence-electron chi connectivity index (χ3n) is 4.40. The minimum Gasteiger partial charge on any atom is -0.481 e. The van der Waals surface area contributed by atoms with Crippen molar-refractivity contribution >= 4 is 11.7 Å². The third-order valence-corrected chi connectivity index (χ3v) is 4.40. The Balaban J connectivity index is 2.22. The van der Waals surface area contributed by atoms with Crippen LogP contribution in [0.5, 0.6) is 0 Å². The highest BCUT2D eigenvalue weighted by Gasteiger charge is 2.21. The molecule has 0 aromatic heterocycles. The Morgan fingerprint density at radius 2 is 1.75 bits per heavy atom. The highest BCUT2D eigenvalue weighted by Crippen LogP contribution is 2.25. The Morgan fingerprint density at radius 3 is 2.25 bits per heavy atom. The van der Waals surface area contributed by atoms with E-state index < -0.39 is 11.9 Å². The number of aliphatic carboxylic acids is 1. The standard InChI is InChI=1S/C20H24FNO2/c1-4-22(5-2)17-10-7-15(8-11-17)12-18(20(23)24)16-9-6-14(3)19(21)13-16/h6-11,13,18H,4-5,12H2,1-3H3,(H,23,24). The molecular weight excluding hydrogens is 305 g/mol. The molecule has 128 valence electrons. The molecule has 2 aromatic carbocycles. The van der Waals surface area contributed by atoms with Crippen molar-refractivity contribution in [2.45, 2.75) is 33.1 Å². The summed E-state index contributed by atoms with van der Waals surface area (Å²) in [4.78, 5) is 13.9. The number of hydrogen-bond donors (Lipinski definition) is 1. The summed E-state index contributed by atoms with van der Waals surface area (Å²) in [5.41, 5.74) is 3.07. The lowest BCUT2D eigenvalue weighted by Crippen LogP contribution is -2.21. The van der Waals surface area contributed by atoms with Crippen molar-refractivity contribution in [2.24, 2.45) is 0 Å². The van der Waals surface area contributed by atoms with E-state index in [1.54, 1.807) is 19.1 Å². The molecule has 0 amide bonds. The van der Waals surface area contributed by atoms with E-state index in [-0.39, 0.29) is 5.82 Å². The number of carbonyl (C=O) groups is 1. The predicted molar refractivity (Wildman–Crippen MR) is 95.2 cm³/mol. The van der Waals surface area contributed by atoms with Crippen molar-refractivity contribution in [1.82, 2.24) is 0 Å². The molecule has 4 heteroatoms. The summed E-state index contributed by atoms with van der Waals surface area (Å²) in [5, 5.41) is 9.54. The van der Waals surface area contributed by atoms with Crippen LogP contribution in [0, 0.1) is 12.7 Å². The fourth-order valence-electron chi connectivity index (χ4n) is 2.84. The summed E-state index contributed by atoms with van der Waals surface area (Å²) in [6.07, 6.45) is 0.344. The smallest absolute Gasteiger partial charge is 0.311 e. The first-order chi connectivity index (χ1) is 11.5. The van der Waals surface area contributed by atoms with Crippen LogP contribution in [0.1, 0.15) is 36.5 Å². The van der Waals surface area contributed by atoms with E-state index in [0.717, 1.165) is 24.3 Å². The zero-order chi connectivity index (χ0) is 17.7. The third kappa shape index (κ3) is 4.13. The van der Waals surface area contributed by atoms with Gasteiger partial charge in [0.05, 0.1) is 5.92 Å². The predicted octanol–water partition coefficient (Wildman–Crippen LogP) is 4.39. The van der Waals surface area contributed by atoms with Crippen LogP contribution in [-0.4, -0.2) is 24.2 Å². The molecule has 1 unspecified atom stereocenters. The van der Waals surface area contributed by atoms with Gasteiger partial charge in [0, 0.05) is 18.8 Å². The number of nitrogens with zero attached hydrogens (tertiary/aromatic N) is 1. The van der Waals surface area contributed by atoms with Gasteiger partial charge < -0.3 is 10.0 Å². The number of hydrogen-bond acceptors (Lipinski definition) is 2. The number of aryl methyl sites for hydroxylation is 1. The maximum absolute atomic E-state index is 13.8. The number of anilines is 1. The van der Waals surface area contributed by atoms with Gasteiger partial charge in [0.2, 0.25) is 0 Å². The van der Waals surface area contributed by atoms with Crippen molar-refractivity contribution < 1.29 is 14.3 Å². The average Bonchev–Trinajstić information content (AvgIpc) is 2.57. The summed E-state index contributed by atoms with van der Waals surface area (Å²) in [7, 11) is 0. The van der Waals surface area contributed by atoms with Crippen molar-refractivity contribution in [2.75, 3.05) is 18.0 Å². The van der Waals surface area contributed by atoms with Crippen molar-refractivity contribution in [3.8, 4) is 0 Å². The Bertz CT molecular complexity index is 693. The Hall–Kier alpha value is -2.36. The van der Waals surface area contributed by atoms with Crippen LogP contribution in [0.15, 0.2) is 42.5 Å². The molecule has 0 aliphatic carbocycles. The Labute approximate surface area is 142 Å². The molecule has 0 bridgehead atoms. The minimum absolute atomic E-state index is 0.344. The largest absolute Gasteiger partial charge is 0.481 e. The maximum Gasteiger partial charge on any atom is 0.311 e. The van der Waals surface area contributed by atoms with Crippen LogP contribution in [0.3, 0.4) is 0 Å². The second kappa shape index (κ2) is 7.95. The van der Waals surface area contributed by atoms with Gasteiger partial charge in [-0.1, -0.05) is 24.3 Å². The van der Waals surface area contributed by atoms with Gasteiger partial charge in [0.1, 0.15) is 5.82 Å². The van der Waals surface area contributed by atoms with Gasteiger partial charge in [0.25, 0.3) is 0 Å². The fraction of sp³-hybridized carbons (Fsp3) is 0.350. The molecule has 2 aromatic rings. The van der Waals surface area contributed by atoms with Crippen LogP contribution < -0.4 is 4.90 Å². The highest BCUT2D eigenvalue weighted by molar-refractivity contribution is 5.76. The number of rotatable bonds is 7. The van der Waals surface area contributed by atoms with Crippen LogP contribution in [0.4, 0.5) is 10.1 Å². The van der Waals surface area contributed by atoms with Crippen molar-refractivity contribution in [3.05, 3.63) is 65.0 Å². The lowest BCUT2D eigenvalue weighted by Gasteiger charge is -2.21. The quantitative estimate of drug-likeness (QED) is 0.819. The van der Waals surface area contributed by atoms with Crippen LogP contribution in [0.25, 0.3) is 0 Å². The van der Waals surface area contributed by atoms with E-state index in [1.165, 1.54) is 6.07 Å². The summed E-state index contributed by atoms with van der Waals surface area (Å²) >= 11 is 0. The molecule has 1 N–H and O–H groups in total. The first-order valence-electron chi connectivity index (χ1n) is 8.29. The number of carboxylic acids is 1. The molecule has 0 radical (unpaired) electrons. The fourth-order valence-corrected chi connectivity index (χ4v) is 2.84. The Kier molecular flexibility index (Phi) is 5.96. The topological polar surface area (TPSA) is 40.5 Å². The number of benzene rings is 2. The maximum atomic E-state index is 13.8.